The maximum atomic E-state index is 13.1. The van der Waals surface area contributed by atoms with Crippen molar-refractivity contribution in [1.29, 1.82) is 0 Å². The molecule has 0 aliphatic heterocycles. The smallest absolute Gasteiger partial charge is 0.326 e. The van der Waals surface area contributed by atoms with E-state index in [0.717, 1.165) is 27.4 Å². The van der Waals surface area contributed by atoms with Crippen LogP contribution in [0.5, 0.6) is 0 Å². The van der Waals surface area contributed by atoms with Crippen LogP contribution >= 0.6 is 63.7 Å². The first-order valence-corrected chi connectivity index (χ1v) is 24.3. The second kappa shape index (κ2) is 37.7. The minimum absolute atomic E-state index is 0. The number of halogens is 8. The Hall–Kier alpha value is -5.00. The molecule has 0 radical (unpaired) electrons. The fourth-order valence-corrected chi connectivity index (χ4v) is 7.54. The number of aromatic nitrogens is 3. The average Bonchev–Trinajstić information content (AvgIpc) is 3.24. The van der Waals surface area contributed by atoms with Gasteiger partial charge in [0.1, 0.15) is 50.3 Å². The number of carboxylic acids is 2. The normalized spacial score (nSPS) is 11.6. The molecule has 3 aromatic heterocycles. The Balaban J connectivity index is -0.000000857. The van der Waals surface area contributed by atoms with E-state index < -0.39 is 59.4 Å². The Bertz CT molecular complexity index is 2290. The zero-order valence-electron chi connectivity index (χ0n) is 38.9. The first kappa shape index (κ1) is 72.2. The van der Waals surface area contributed by atoms with E-state index in [1.165, 1.54) is 38.1 Å². The van der Waals surface area contributed by atoms with Gasteiger partial charge in [0.15, 0.2) is 6.29 Å². The van der Waals surface area contributed by atoms with Gasteiger partial charge in [-0.2, -0.15) is 0 Å². The van der Waals surface area contributed by atoms with Gasteiger partial charge in [-0.15, -0.1) is 0 Å². The van der Waals surface area contributed by atoms with Crippen LogP contribution in [-0.2, 0) is 32.0 Å². The Labute approximate surface area is 459 Å². The number of rotatable bonds is 15. The van der Waals surface area contributed by atoms with Crippen molar-refractivity contribution in [3.8, 4) is 0 Å². The standard InChI is InChI=1S/2C13H10Br2F2N2.2C8H15NO3.C6H5NO.3CH4/c2*14-10-1-2-12(15)19-13(10)11(18)5-7-3-8(16)6-9(17)4-7;2*1-5(2)4-7(8(11)12)9-6(3)10;8-5-6-3-1-2-4-7-6;;;/h2*1-4,6,11H,5,18H2;2*5,7H,4H2,1-3H3,(H,9,10)(H,11,12);1-5H;3*1H4/t11-;;2*7-;;;;/m0.11..../s1. The van der Waals surface area contributed by atoms with Gasteiger partial charge < -0.3 is 32.3 Å². The highest BCUT2D eigenvalue weighted by Gasteiger charge is 2.20. The molecule has 3 heterocycles. The van der Waals surface area contributed by atoms with Gasteiger partial charge >= 0.3 is 11.9 Å². The first-order valence-electron chi connectivity index (χ1n) is 21.1. The molecule has 22 heteroatoms. The Kier molecular flexibility index (Phi) is 37.3. The molecule has 0 spiro atoms. The number of benzene rings is 2. The van der Waals surface area contributed by atoms with Crippen molar-refractivity contribution in [2.75, 3.05) is 0 Å². The summed E-state index contributed by atoms with van der Waals surface area (Å²) in [4.78, 5) is 64.5. The van der Waals surface area contributed by atoms with Gasteiger partial charge in [0.05, 0.1) is 23.5 Å². The van der Waals surface area contributed by atoms with Gasteiger partial charge in [-0.05, 0) is 173 Å². The lowest BCUT2D eigenvalue weighted by molar-refractivity contribution is -0.142. The number of amides is 2. The van der Waals surface area contributed by atoms with Crippen LogP contribution in [-0.4, -0.2) is 67.3 Å². The fourth-order valence-electron chi connectivity index (χ4n) is 5.87. The highest BCUT2D eigenvalue weighted by molar-refractivity contribution is 9.11. The molecule has 5 aromatic rings. The number of nitrogens with zero attached hydrogens (tertiary/aromatic N) is 3. The molecular weight excluding hydrogens is 1220 g/mol. The van der Waals surface area contributed by atoms with Gasteiger partial charge in [0, 0.05) is 41.1 Å². The van der Waals surface area contributed by atoms with Crippen molar-refractivity contribution in [1.82, 2.24) is 25.6 Å². The monoisotopic (exact) mass is 1280 g/mol. The molecule has 0 aliphatic rings. The fraction of sp³-hybridized carbons (Fsp3) is 0.373. The molecule has 404 valence electrons. The summed E-state index contributed by atoms with van der Waals surface area (Å²) in [6.07, 6.45) is 3.85. The largest absolute Gasteiger partial charge is 0.480 e. The number of hydrogen-bond donors (Lipinski definition) is 6. The Morgan fingerprint density at radius 3 is 1.19 bits per heavy atom. The maximum Gasteiger partial charge on any atom is 0.326 e. The van der Waals surface area contributed by atoms with E-state index in [0.29, 0.717) is 63.1 Å². The van der Waals surface area contributed by atoms with E-state index in [-0.39, 0.29) is 45.9 Å². The van der Waals surface area contributed by atoms with Gasteiger partial charge in [-0.3, -0.25) is 19.4 Å². The predicted molar refractivity (Wildman–Crippen MR) is 292 cm³/mol. The lowest BCUT2D eigenvalue weighted by Crippen LogP contribution is -2.40. The van der Waals surface area contributed by atoms with Crippen LogP contribution < -0.4 is 22.1 Å². The average molecular weight is 1290 g/mol. The molecule has 73 heavy (non-hydrogen) atoms. The third-order valence-corrected chi connectivity index (χ3v) is 10.9. The van der Waals surface area contributed by atoms with Crippen LogP contribution in [0.4, 0.5) is 17.6 Å². The van der Waals surface area contributed by atoms with E-state index in [4.69, 9.17) is 21.7 Å². The summed E-state index contributed by atoms with van der Waals surface area (Å²) < 4.78 is 55.3. The summed E-state index contributed by atoms with van der Waals surface area (Å²) in [6.45, 7) is 10.3. The summed E-state index contributed by atoms with van der Waals surface area (Å²) >= 11 is 13.3. The highest BCUT2D eigenvalue weighted by atomic mass is 79.9. The van der Waals surface area contributed by atoms with Crippen molar-refractivity contribution in [3.63, 3.8) is 0 Å². The van der Waals surface area contributed by atoms with Crippen molar-refractivity contribution in [3.05, 3.63) is 155 Å². The van der Waals surface area contributed by atoms with Crippen molar-refractivity contribution >= 4 is 93.8 Å². The number of aliphatic carboxylic acids is 2. The first-order chi connectivity index (χ1) is 32.7. The molecule has 2 amide bonds. The second-order valence-electron chi connectivity index (χ2n) is 16.0. The molecule has 14 nitrogen and oxygen atoms in total. The number of carbonyl (C=O) groups excluding carboxylic acids is 3. The molecule has 0 bridgehead atoms. The van der Waals surface area contributed by atoms with Crippen LogP contribution in [0.2, 0.25) is 0 Å². The van der Waals surface area contributed by atoms with Crippen molar-refractivity contribution < 1.29 is 51.7 Å². The summed E-state index contributed by atoms with van der Waals surface area (Å²) in [5.74, 6) is -4.46. The quantitative estimate of drug-likeness (QED) is 0.0326. The van der Waals surface area contributed by atoms with E-state index in [1.807, 2.05) is 39.8 Å². The molecular formula is C51H67Br4F4N7O7. The Morgan fingerprint density at radius 2 is 0.945 bits per heavy atom. The number of nitrogens with one attached hydrogen (secondary N) is 2. The van der Waals surface area contributed by atoms with E-state index in [2.05, 4.69) is 89.3 Å². The molecule has 2 aromatic carbocycles. The number of pyridine rings is 3. The van der Waals surface area contributed by atoms with Crippen LogP contribution in [0.1, 0.15) is 122 Å². The number of carbonyl (C=O) groups is 5. The van der Waals surface area contributed by atoms with E-state index >= 15 is 0 Å². The molecule has 0 saturated heterocycles. The van der Waals surface area contributed by atoms with Crippen LogP contribution in [0.3, 0.4) is 0 Å². The molecule has 4 atom stereocenters. The van der Waals surface area contributed by atoms with Crippen molar-refractivity contribution in [2.24, 2.45) is 23.3 Å². The molecule has 8 N–H and O–H groups in total. The third kappa shape index (κ3) is 31.4. The minimum atomic E-state index is -0.973. The lowest BCUT2D eigenvalue weighted by atomic mass is 10.0. The molecule has 5 rings (SSSR count). The Morgan fingerprint density at radius 1 is 0.603 bits per heavy atom. The number of hydrogen-bond acceptors (Lipinski definition) is 10. The maximum absolute atomic E-state index is 13.1. The van der Waals surface area contributed by atoms with Crippen LogP contribution in [0.25, 0.3) is 0 Å². The van der Waals surface area contributed by atoms with Crippen LogP contribution in [0.15, 0.2) is 103 Å². The topological polar surface area (TPSA) is 241 Å². The molecule has 0 aliphatic carbocycles. The summed E-state index contributed by atoms with van der Waals surface area (Å²) in [7, 11) is 0. The number of carboxylic acid groups (broad SMARTS) is 2. The summed E-state index contributed by atoms with van der Waals surface area (Å²) in [5.41, 5.74) is 14.8. The SMILES string of the molecule is C.C.C.CC(=O)N[C@H](CC(C)C)C(=O)O.CC(=O)N[C@H](CC(C)C)C(=O)O.NC(Cc1cc(F)cc(F)c1)c1nc(Br)ccc1Br.N[C@@H](Cc1cc(F)cc(F)c1)c1nc(Br)ccc1Br.O=Cc1ccccn1. The minimum Gasteiger partial charge on any atom is -0.480 e. The van der Waals surface area contributed by atoms with Crippen molar-refractivity contribution in [2.45, 2.75) is 114 Å². The molecule has 1 unspecified atom stereocenters. The third-order valence-electron chi connectivity index (χ3n) is 8.71. The van der Waals surface area contributed by atoms with Crippen LogP contribution in [0, 0.1) is 35.1 Å². The predicted octanol–water partition coefficient (Wildman–Crippen LogP) is 12.3. The zero-order chi connectivity index (χ0) is 53.2. The van der Waals surface area contributed by atoms with Gasteiger partial charge in [-0.1, -0.05) is 56.0 Å². The van der Waals surface area contributed by atoms with E-state index in [9.17, 15) is 41.5 Å². The van der Waals surface area contributed by atoms with Gasteiger partial charge in [0.25, 0.3) is 0 Å². The summed E-state index contributed by atoms with van der Waals surface area (Å²) in [6, 6.07) is 16.8. The lowest BCUT2D eigenvalue weighted by Gasteiger charge is -2.14. The molecule has 0 saturated carbocycles. The number of aldehydes is 1. The molecule has 0 fully saturated rings. The van der Waals surface area contributed by atoms with Gasteiger partial charge in [0.2, 0.25) is 11.8 Å². The second-order valence-corrected chi connectivity index (χ2v) is 19.3. The van der Waals surface area contributed by atoms with E-state index in [1.54, 1.807) is 36.5 Å². The number of nitrogens with two attached hydrogens (primary N) is 2. The zero-order valence-corrected chi connectivity index (χ0v) is 45.3. The van der Waals surface area contributed by atoms with Gasteiger partial charge in [-0.25, -0.2) is 37.1 Å². The summed E-state index contributed by atoms with van der Waals surface area (Å²) in [5, 5.41) is 22.1. The highest BCUT2D eigenvalue weighted by Crippen LogP contribution is 2.27.